The van der Waals surface area contributed by atoms with E-state index in [1.165, 1.54) is 5.56 Å². The number of carbonyl (C=O) groups is 1. The van der Waals surface area contributed by atoms with Gasteiger partial charge in [0.15, 0.2) is 0 Å². The molecule has 0 aliphatic carbocycles. The average molecular weight is 431 g/mol. The van der Waals surface area contributed by atoms with Gasteiger partial charge in [-0.2, -0.15) is 5.26 Å². The predicted octanol–water partition coefficient (Wildman–Crippen LogP) is 5.89. The maximum Gasteiger partial charge on any atom is 0.266 e. The van der Waals surface area contributed by atoms with Crippen molar-refractivity contribution in [1.82, 2.24) is 0 Å². The second kappa shape index (κ2) is 9.16. The number of aryl methyl sites for hydroxylation is 1. The van der Waals surface area contributed by atoms with Crippen molar-refractivity contribution in [1.29, 1.82) is 5.26 Å². The van der Waals surface area contributed by atoms with Crippen LogP contribution in [0.5, 0.6) is 0 Å². The first-order valence-electron chi connectivity index (χ1n) is 8.88. The maximum absolute atomic E-state index is 12.4. The molecule has 0 aliphatic rings. The molecular formula is C24H19BrN2O. The quantitative estimate of drug-likeness (QED) is 0.404. The van der Waals surface area contributed by atoms with Crippen LogP contribution in [-0.4, -0.2) is 5.91 Å². The van der Waals surface area contributed by atoms with Crippen molar-refractivity contribution in [2.45, 2.75) is 13.3 Å². The number of carbonyl (C=O) groups excluding carboxylic acids is 1. The molecule has 1 amide bonds. The molecule has 0 saturated carbocycles. The molecule has 138 valence electrons. The molecule has 0 heterocycles. The molecule has 0 radical (unpaired) electrons. The number of benzene rings is 3. The fourth-order valence-corrected chi connectivity index (χ4v) is 3.24. The second-order valence-electron chi connectivity index (χ2n) is 6.45. The minimum Gasteiger partial charge on any atom is -0.321 e. The summed E-state index contributed by atoms with van der Waals surface area (Å²) in [6, 6.07) is 25.5. The number of anilines is 1. The summed E-state index contributed by atoms with van der Waals surface area (Å²) in [4.78, 5) is 12.4. The first-order chi connectivity index (χ1) is 13.6. The number of hydrogen-bond acceptors (Lipinski definition) is 2. The van der Waals surface area contributed by atoms with Gasteiger partial charge in [0.1, 0.15) is 11.6 Å². The lowest BCUT2D eigenvalue weighted by Gasteiger charge is -2.07. The number of para-hydroxylation sites is 1. The number of rotatable bonds is 5. The van der Waals surface area contributed by atoms with Crippen molar-refractivity contribution < 1.29 is 4.79 Å². The van der Waals surface area contributed by atoms with E-state index in [9.17, 15) is 10.1 Å². The van der Waals surface area contributed by atoms with Crippen LogP contribution in [0.25, 0.3) is 6.08 Å². The molecule has 0 aliphatic heterocycles. The molecule has 0 atom stereocenters. The van der Waals surface area contributed by atoms with Crippen LogP contribution in [0.15, 0.2) is 82.8 Å². The Labute approximate surface area is 173 Å². The van der Waals surface area contributed by atoms with E-state index in [1.54, 1.807) is 6.08 Å². The number of hydrogen-bond donors (Lipinski definition) is 1. The standard InChI is InChI=1S/C24H19BrN2O/c1-17-6-2-5-9-23(17)27-24(28)21(16-26)15-19-12-10-18(11-13-19)14-20-7-3-4-8-22(20)25/h2-13,15H,14H2,1H3,(H,27,28)/b21-15+. The van der Waals surface area contributed by atoms with Crippen molar-refractivity contribution >= 4 is 33.6 Å². The van der Waals surface area contributed by atoms with Gasteiger partial charge < -0.3 is 5.32 Å². The second-order valence-corrected chi connectivity index (χ2v) is 7.30. The first-order valence-corrected chi connectivity index (χ1v) is 9.67. The minimum atomic E-state index is -0.408. The largest absolute Gasteiger partial charge is 0.321 e. The van der Waals surface area contributed by atoms with E-state index < -0.39 is 5.91 Å². The molecule has 3 nitrogen and oxygen atoms in total. The Morgan fingerprint density at radius 3 is 2.39 bits per heavy atom. The predicted molar refractivity (Wildman–Crippen MR) is 117 cm³/mol. The highest BCUT2D eigenvalue weighted by Gasteiger charge is 2.10. The van der Waals surface area contributed by atoms with Gasteiger partial charge in [0.25, 0.3) is 5.91 Å². The van der Waals surface area contributed by atoms with Crippen LogP contribution in [-0.2, 0) is 11.2 Å². The summed E-state index contributed by atoms with van der Waals surface area (Å²) < 4.78 is 1.08. The van der Waals surface area contributed by atoms with Crippen LogP contribution in [0, 0.1) is 18.3 Å². The highest BCUT2D eigenvalue weighted by Crippen LogP contribution is 2.20. The van der Waals surface area contributed by atoms with E-state index in [0.717, 1.165) is 27.6 Å². The number of nitrogens with zero attached hydrogens (tertiary/aromatic N) is 1. The van der Waals surface area contributed by atoms with Crippen LogP contribution in [0.1, 0.15) is 22.3 Å². The number of halogens is 1. The van der Waals surface area contributed by atoms with Crippen LogP contribution in [0.3, 0.4) is 0 Å². The lowest BCUT2D eigenvalue weighted by atomic mass is 10.0. The van der Waals surface area contributed by atoms with Crippen molar-refractivity contribution in [2.24, 2.45) is 0 Å². The van der Waals surface area contributed by atoms with E-state index in [4.69, 9.17) is 0 Å². The van der Waals surface area contributed by atoms with Crippen LogP contribution in [0.2, 0.25) is 0 Å². The van der Waals surface area contributed by atoms with Gasteiger partial charge in [0.05, 0.1) is 0 Å². The number of nitriles is 1. The lowest BCUT2D eigenvalue weighted by Crippen LogP contribution is -2.14. The number of nitrogens with one attached hydrogen (secondary N) is 1. The molecule has 28 heavy (non-hydrogen) atoms. The van der Waals surface area contributed by atoms with Gasteiger partial charge in [-0.1, -0.05) is 76.6 Å². The van der Waals surface area contributed by atoms with Gasteiger partial charge in [0, 0.05) is 10.2 Å². The smallest absolute Gasteiger partial charge is 0.266 e. The third-order valence-corrected chi connectivity index (χ3v) is 5.18. The Morgan fingerprint density at radius 1 is 1.04 bits per heavy atom. The fourth-order valence-electron chi connectivity index (χ4n) is 2.81. The van der Waals surface area contributed by atoms with Crippen LogP contribution in [0.4, 0.5) is 5.69 Å². The van der Waals surface area contributed by atoms with E-state index >= 15 is 0 Å². The topological polar surface area (TPSA) is 52.9 Å². The van der Waals surface area contributed by atoms with E-state index in [2.05, 4.69) is 27.3 Å². The van der Waals surface area contributed by atoms with E-state index in [-0.39, 0.29) is 5.57 Å². The van der Waals surface area contributed by atoms with E-state index in [1.807, 2.05) is 79.7 Å². The Hall–Kier alpha value is -3.16. The normalized spacial score (nSPS) is 11.0. The van der Waals surface area contributed by atoms with Gasteiger partial charge in [-0.15, -0.1) is 0 Å². The Kier molecular flexibility index (Phi) is 6.41. The summed E-state index contributed by atoms with van der Waals surface area (Å²) >= 11 is 3.57. The average Bonchev–Trinajstić information content (AvgIpc) is 2.70. The molecule has 3 rings (SSSR count). The molecule has 0 spiro atoms. The lowest BCUT2D eigenvalue weighted by molar-refractivity contribution is -0.112. The molecule has 3 aromatic rings. The van der Waals surface area contributed by atoms with E-state index in [0.29, 0.717) is 5.69 Å². The monoisotopic (exact) mass is 430 g/mol. The summed E-state index contributed by atoms with van der Waals surface area (Å²) in [5.41, 5.74) is 4.91. The zero-order valence-corrected chi connectivity index (χ0v) is 17.0. The van der Waals surface area contributed by atoms with Crippen molar-refractivity contribution in [3.05, 3.63) is 105 Å². The molecular weight excluding hydrogens is 412 g/mol. The Morgan fingerprint density at radius 2 is 1.71 bits per heavy atom. The molecule has 0 fully saturated rings. The first kappa shape index (κ1) is 19.6. The Bertz CT molecular complexity index is 1060. The molecule has 4 heteroatoms. The van der Waals surface area contributed by atoms with Crippen LogP contribution >= 0.6 is 15.9 Å². The third kappa shape index (κ3) is 4.97. The third-order valence-electron chi connectivity index (χ3n) is 4.40. The molecule has 0 saturated heterocycles. The van der Waals surface area contributed by atoms with Gasteiger partial charge in [-0.3, -0.25) is 4.79 Å². The molecule has 3 aromatic carbocycles. The summed E-state index contributed by atoms with van der Waals surface area (Å²) in [6.45, 7) is 1.91. The number of amides is 1. The van der Waals surface area contributed by atoms with Gasteiger partial charge in [-0.25, -0.2) is 0 Å². The van der Waals surface area contributed by atoms with Gasteiger partial charge in [0.2, 0.25) is 0 Å². The highest BCUT2D eigenvalue weighted by molar-refractivity contribution is 9.10. The van der Waals surface area contributed by atoms with Crippen molar-refractivity contribution in [3.8, 4) is 6.07 Å². The van der Waals surface area contributed by atoms with Crippen LogP contribution < -0.4 is 5.32 Å². The Balaban J connectivity index is 1.74. The zero-order valence-electron chi connectivity index (χ0n) is 15.4. The van der Waals surface area contributed by atoms with Crippen molar-refractivity contribution in [2.75, 3.05) is 5.32 Å². The van der Waals surface area contributed by atoms with Crippen molar-refractivity contribution in [3.63, 3.8) is 0 Å². The summed E-state index contributed by atoms with van der Waals surface area (Å²) in [7, 11) is 0. The van der Waals surface area contributed by atoms with Gasteiger partial charge >= 0.3 is 0 Å². The summed E-state index contributed by atoms with van der Waals surface area (Å²) in [6.07, 6.45) is 2.42. The SMILES string of the molecule is Cc1ccccc1NC(=O)/C(C#N)=C/c1ccc(Cc2ccccc2Br)cc1. The molecule has 0 bridgehead atoms. The molecule has 1 N–H and O–H groups in total. The fraction of sp³-hybridized carbons (Fsp3) is 0.0833. The minimum absolute atomic E-state index is 0.0711. The molecule has 0 aromatic heterocycles. The highest BCUT2D eigenvalue weighted by atomic mass is 79.9. The summed E-state index contributed by atoms with van der Waals surface area (Å²) in [5, 5.41) is 12.2. The van der Waals surface area contributed by atoms with Gasteiger partial charge in [-0.05, 0) is 53.8 Å². The molecule has 0 unspecified atom stereocenters. The zero-order chi connectivity index (χ0) is 19.9. The summed E-state index contributed by atoms with van der Waals surface area (Å²) in [5.74, 6) is -0.408. The maximum atomic E-state index is 12.4.